The van der Waals surface area contributed by atoms with Crippen molar-refractivity contribution < 1.29 is 14.0 Å². The van der Waals surface area contributed by atoms with E-state index in [1.165, 1.54) is 19.1 Å². The normalized spacial score (nSPS) is 15.0. The van der Waals surface area contributed by atoms with E-state index < -0.39 is 0 Å². The van der Waals surface area contributed by atoms with Gasteiger partial charge in [0.05, 0.1) is 6.54 Å². The Hall–Kier alpha value is -2.11. The Morgan fingerprint density at radius 2 is 1.81 bits per heavy atom. The molecule has 6 heteroatoms. The maximum atomic E-state index is 13.2. The van der Waals surface area contributed by atoms with Crippen molar-refractivity contribution in [2.45, 2.75) is 13.8 Å². The smallest absolute Gasteiger partial charge is 0.241 e. The zero-order valence-corrected chi connectivity index (χ0v) is 12.4. The van der Waals surface area contributed by atoms with Gasteiger partial charge in [0.25, 0.3) is 0 Å². The number of carbonyl (C=O) groups excluding carboxylic acids is 2. The van der Waals surface area contributed by atoms with Gasteiger partial charge in [-0.05, 0) is 24.6 Å². The average molecular weight is 293 g/mol. The summed E-state index contributed by atoms with van der Waals surface area (Å²) in [6.45, 7) is 5.75. The molecule has 1 saturated heterocycles. The van der Waals surface area contributed by atoms with Crippen molar-refractivity contribution >= 4 is 17.5 Å². The minimum atomic E-state index is -0.328. The lowest BCUT2D eigenvalue weighted by molar-refractivity contribution is -0.137. The molecule has 0 spiro atoms. The number of hydrogen-bond acceptors (Lipinski definition) is 3. The van der Waals surface area contributed by atoms with Crippen LogP contribution in [0.5, 0.6) is 0 Å². The highest BCUT2D eigenvalue weighted by Crippen LogP contribution is 2.15. The van der Waals surface area contributed by atoms with Gasteiger partial charge < -0.3 is 15.1 Å². The average Bonchev–Trinajstić information content (AvgIpc) is 2.48. The van der Waals surface area contributed by atoms with E-state index >= 15 is 0 Å². The number of halogens is 1. The number of aryl methyl sites for hydroxylation is 1. The number of piperazine rings is 1. The first-order valence-electron chi connectivity index (χ1n) is 7.00. The van der Waals surface area contributed by atoms with Crippen molar-refractivity contribution in [3.05, 3.63) is 29.6 Å². The van der Waals surface area contributed by atoms with E-state index in [-0.39, 0.29) is 24.2 Å². The molecule has 0 unspecified atom stereocenters. The molecule has 0 atom stereocenters. The second-order valence-electron chi connectivity index (χ2n) is 5.20. The Balaban J connectivity index is 1.85. The molecule has 1 heterocycles. The molecule has 21 heavy (non-hydrogen) atoms. The van der Waals surface area contributed by atoms with Crippen LogP contribution in [0, 0.1) is 12.7 Å². The van der Waals surface area contributed by atoms with Crippen molar-refractivity contribution in [2.75, 3.05) is 38.0 Å². The molecule has 5 nitrogen and oxygen atoms in total. The summed E-state index contributed by atoms with van der Waals surface area (Å²) >= 11 is 0. The zero-order chi connectivity index (χ0) is 15.4. The Bertz CT molecular complexity index is 540. The van der Waals surface area contributed by atoms with Crippen molar-refractivity contribution in [3.63, 3.8) is 0 Å². The fraction of sp³-hybridized carbons (Fsp3) is 0.467. The lowest BCUT2D eigenvalue weighted by Gasteiger charge is -2.34. The Kier molecular flexibility index (Phi) is 4.77. The minimum Gasteiger partial charge on any atom is -0.376 e. The molecule has 114 valence electrons. The van der Waals surface area contributed by atoms with Crippen LogP contribution in [0.1, 0.15) is 12.5 Å². The Morgan fingerprint density at radius 3 is 2.43 bits per heavy atom. The van der Waals surface area contributed by atoms with E-state index in [2.05, 4.69) is 5.32 Å². The number of carbonyl (C=O) groups is 2. The fourth-order valence-corrected chi connectivity index (χ4v) is 2.34. The highest BCUT2D eigenvalue weighted by molar-refractivity contribution is 5.81. The molecular formula is C15H20FN3O2. The van der Waals surface area contributed by atoms with E-state index in [0.717, 1.165) is 5.56 Å². The number of amides is 2. The lowest BCUT2D eigenvalue weighted by Crippen LogP contribution is -2.51. The first-order valence-corrected chi connectivity index (χ1v) is 7.00. The molecule has 1 N–H and O–H groups in total. The second kappa shape index (κ2) is 6.56. The number of benzene rings is 1. The SMILES string of the molecule is CC(=O)N1CCN(C(=O)CNc2cc(F)ccc2C)CC1. The molecule has 1 aromatic carbocycles. The minimum absolute atomic E-state index is 0.0376. The van der Waals surface area contributed by atoms with Crippen LogP contribution in [0.25, 0.3) is 0 Å². The summed E-state index contributed by atoms with van der Waals surface area (Å²) in [7, 11) is 0. The molecule has 0 aliphatic carbocycles. The van der Waals surface area contributed by atoms with Crippen LogP contribution in [-0.2, 0) is 9.59 Å². The van der Waals surface area contributed by atoms with E-state index in [9.17, 15) is 14.0 Å². The third kappa shape index (κ3) is 3.93. The summed E-state index contributed by atoms with van der Waals surface area (Å²) in [5.74, 6) is -0.330. The summed E-state index contributed by atoms with van der Waals surface area (Å²) in [6, 6.07) is 4.45. The zero-order valence-electron chi connectivity index (χ0n) is 12.4. The van der Waals surface area contributed by atoms with Gasteiger partial charge in [-0.1, -0.05) is 6.07 Å². The number of rotatable bonds is 3. The molecule has 1 fully saturated rings. The van der Waals surface area contributed by atoms with Crippen LogP contribution in [0.2, 0.25) is 0 Å². The summed E-state index contributed by atoms with van der Waals surface area (Å²) in [5.41, 5.74) is 1.52. The van der Waals surface area contributed by atoms with Crippen molar-refractivity contribution in [2.24, 2.45) is 0 Å². The van der Waals surface area contributed by atoms with Gasteiger partial charge in [-0.15, -0.1) is 0 Å². The van der Waals surface area contributed by atoms with Gasteiger partial charge >= 0.3 is 0 Å². The molecule has 2 rings (SSSR count). The van der Waals surface area contributed by atoms with E-state index in [0.29, 0.717) is 31.9 Å². The van der Waals surface area contributed by atoms with Gasteiger partial charge in [0, 0.05) is 38.8 Å². The van der Waals surface area contributed by atoms with Crippen LogP contribution in [0.3, 0.4) is 0 Å². The maximum Gasteiger partial charge on any atom is 0.241 e. The number of nitrogens with zero attached hydrogens (tertiary/aromatic N) is 2. The topological polar surface area (TPSA) is 52.7 Å². The van der Waals surface area contributed by atoms with Gasteiger partial charge in [-0.3, -0.25) is 9.59 Å². The van der Waals surface area contributed by atoms with Gasteiger partial charge in [-0.2, -0.15) is 0 Å². The number of nitrogens with one attached hydrogen (secondary N) is 1. The van der Waals surface area contributed by atoms with Gasteiger partial charge in [0.1, 0.15) is 5.82 Å². The first kappa shape index (κ1) is 15.3. The molecule has 0 saturated carbocycles. The van der Waals surface area contributed by atoms with Gasteiger partial charge in [0.2, 0.25) is 11.8 Å². The van der Waals surface area contributed by atoms with Crippen molar-refractivity contribution in [1.29, 1.82) is 0 Å². The van der Waals surface area contributed by atoms with E-state index in [1.807, 2.05) is 6.92 Å². The highest BCUT2D eigenvalue weighted by Gasteiger charge is 2.22. The van der Waals surface area contributed by atoms with Crippen LogP contribution >= 0.6 is 0 Å². The number of hydrogen-bond donors (Lipinski definition) is 1. The Labute approximate surface area is 123 Å². The molecule has 0 aromatic heterocycles. The van der Waals surface area contributed by atoms with Crippen molar-refractivity contribution in [1.82, 2.24) is 9.80 Å². The molecule has 1 aliphatic heterocycles. The van der Waals surface area contributed by atoms with Gasteiger partial charge in [-0.25, -0.2) is 4.39 Å². The third-order valence-electron chi connectivity index (χ3n) is 3.71. The quantitative estimate of drug-likeness (QED) is 0.912. The lowest BCUT2D eigenvalue weighted by atomic mass is 10.2. The van der Waals surface area contributed by atoms with Gasteiger partial charge in [0.15, 0.2) is 0 Å². The predicted molar refractivity (Wildman–Crippen MR) is 78.5 cm³/mol. The molecule has 0 radical (unpaired) electrons. The predicted octanol–water partition coefficient (Wildman–Crippen LogP) is 1.24. The molecule has 1 aromatic rings. The highest BCUT2D eigenvalue weighted by atomic mass is 19.1. The third-order valence-corrected chi connectivity index (χ3v) is 3.71. The van der Waals surface area contributed by atoms with Crippen LogP contribution in [0.15, 0.2) is 18.2 Å². The summed E-state index contributed by atoms with van der Waals surface area (Å²) in [5, 5.41) is 2.97. The molecule has 1 aliphatic rings. The molecule has 2 amide bonds. The summed E-state index contributed by atoms with van der Waals surface area (Å²) in [6.07, 6.45) is 0. The van der Waals surface area contributed by atoms with Crippen LogP contribution in [0.4, 0.5) is 10.1 Å². The van der Waals surface area contributed by atoms with Crippen molar-refractivity contribution in [3.8, 4) is 0 Å². The van der Waals surface area contributed by atoms with E-state index in [4.69, 9.17) is 0 Å². The second-order valence-corrected chi connectivity index (χ2v) is 5.20. The molecule has 0 bridgehead atoms. The summed E-state index contributed by atoms with van der Waals surface area (Å²) in [4.78, 5) is 26.8. The Morgan fingerprint density at radius 1 is 1.19 bits per heavy atom. The fourth-order valence-electron chi connectivity index (χ4n) is 2.34. The summed E-state index contributed by atoms with van der Waals surface area (Å²) < 4.78 is 13.2. The van der Waals surface area contributed by atoms with E-state index in [1.54, 1.807) is 15.9 Å². The first-order chi connectivity index (χ1) is 9.97. The largest absolute Gasteiger partial charge is 0.376 e. The van der Waals surface area contributed by atoms with Crippen LogP contribution in [-0.4, -0.2) is 54.3 Å². The molecular weight excluding hydrogens is 273 g/mol. The van der Waals surface area contributed by atoms with Crippen LogP contribution < -0.4 is 5.32 Å². The monoisotopic (exact) mass is 293 g/mol. The maximum absolute atomic E-state index is 13.2. The number of anilines is 1. The standard InChI is InChI=1S/C15H20FN3O2/c1-11-3-4-13(16)9-14(11)17-10-15(21)19-7-5-18(6-8-19)12(2)20/h3-4,9,17H,5-8,10H2,1-2H3.